The summed E-state index contributed by atoms with van der Waals surface area (Å²) >= 11 is 7.98. The molecule has 3 aromatic heterocycles. The van der Waals surface area contributed by atoms with E-state index in [1.807, 2.05) is 0 Å². The van der Waals surface area contributed by atoms with Gasteiger partial charge in [0.2, 0.25) is 5.95 Å². The SMILES string of the molecule is CCc1[nH]c2nc(Sc3cnc(N)nc3)nc(N3CC[C@@H](N)C3)c2c1Cl. The van der Waals surface area contributed by atoms with Crippen molar-refractivity contribution in [3.63, 3.8) is 0 Å². The van der Waals surface area contributed by atoms with Gasteiger partial charge in [-0.1, -0.05) is 18.5 Å². The summed E-state index contributed by atoms with van der Waals surface area (Å²) in [5.41, 5.74) is 13.3. The van der Waals surface area contributed by atoms with Crippen molar-refractivity contribution < 1.29 is 0 Å². The summed E-state index contributed by atoms with van der Waals surface area (Å²) in [7, 11) is 0. The van der Waals surface area contributed by atoms with Crippen LogP contribution in [-0.4, -0.2) is 44.1 Å². The molecular weight excluding hydrogens is 372 g/mol. The van der Waals surface area contributed by atoms with Gasteiger partial charge in [0.05, 0.1) is 15.3 Å². The Morgan fingerprint density at radius 2 is 2.12 bits per heavy atom. The summed E-state index contributed by atoms with van der Waals surface area (Å²) in [6.45, 7) is 3.66. The summed E-state index contributed by atoms with van der Waals surface area (Å²) in [6, 6.07) is 0.143. The molecule has 136 valence electrons. The van der Waals surface area contributed by atoms with E-state index < -0.39 is 0 Å². The van der Waals surface area contributed by atoms with Gasteiger partial charge >= 0.3 is 0 Å². The lowest BCUT2D eigenvalue weighted by molar-refractivity contribution is 0.751. The maximum Gasteiger partial charge on any atom is 0.219 e. The summed E-state index contributed by atoms with van der Waals surface area (Å²) in [6.07, 6.45) is 5.04. The molecule has 0 radical (unpaired) electrons. The van der Waals surface area contributed by atoms with Crippen molar-refractivity contribution in [1.29, 1.82) is 0 Å². The molecule has 1 aliphatic heterocycles. The average Bonchev–Trinajstić information content (AvgIpc) is 3.20. The van der Waals surface area contributed by atoms with E-state index in [9.17, 15) is 0 Å². The maximum absolute atomic E-state index is 6.60. The summed E-state index contributed by atoms with van der Waals surface area (Å²) in [5, 5.41) is 2.14. The second-order valence-corrected chi connectivity index (χ2v) is 7.62. The van der Waals surface area contributed by atoms with Crippen LogP contribution in [0.3, 0.4) is 0 Å². The Morgan fingerprint density at radius 3 is 2.77 bits per heavy atom. The molecule has 0 aromatic carbocycles. The fourth-order valence-electron chi connectivity index (χ4n) is 3.05. The van der Waals surface area contributed by atoms with Crippen LogP contribution in [0.4, 0.5) is 11.8 Å². The van der Waals surface area contributed by atoms with Crippen molar-refractivity contribution >= 4 is 46.2 Å². The number of nitrogens with zero attached hydrogens (tertiary/aromatic N) is 5. The molecule has 0 bridgehead atoms. The molecule has 1 fully saturated rings. The minimum absolute atomic E-state index is 0.143. The number of aryl methyl sites for hydroxylation is 1. The van der Waals surface area contributed by atoms with Crippen LogP contribution < -0.4 is 16.4 Å². The van der Waals surface area contributed by atoms with Gasteiger partial charge in [0.25, 0.3) is 0 Å². The van der Waals surface area contributed by atoms with Gasteiger partial charge in [-0.25, -0.2) is 19.9 Å². The molecule has 8 nitrogen and oxygen atoms in total. The van der Waals surface area contributed by atoms with Gasteiger partial charge < -0.3 is 21.4 Å². The number of rotatable bonds is 4. The number of aromatic amines is 1. The molecular formula is C16H19ClN8S. The highest BCUT2D eigenvalue weighted by molar-refractivity contribution is 7.99. The van der Waals surface area contributed by atoms with Crippen LogP contribution in [-0.2, 0) is 6.42 Å². The van der Waals surface area contributed by atoms with Crippen molar-refractivity contribution in [2.24, 2.45) is 5.73 Å². The number of halogens is 1. The van der Waals surface area contributed by atoms with E-state index in [1.165, 1.54) is 11.8 Å². The van der Waals surface area contributed by atoms with Gasteiger partial charge in [0.15, 0.2) is 5.16 Å². The number of nitrogens with one attached hydrogen (secondary N) is 1. The Kier molecular flexibility index (Phi) is 4.60. The Bertz CT molecular complexity index is 942. The average molecular weight is 391 g/mol. The molecule has 0 saturated carbocycles. The number of fused-ring (bicyclic) bond motifs is 1. The lowest BCUT2D eigenvalue weighted by Gasteiger charge is -2.18. The van der Waals surface area contributed by atoms with Crippen molar-refractivity contribution in [2.45, 2.75) is 35.9 Å². The van der Waals surface area contributed by atoms with Gasteiger partial charge in [0, 0.05) is 37.2 Å². The number of nitrogen functional groups attached to an aromatic ring is 1. The first-order valence-corrected chi connectivity index (χ1v) is 9.58. The molecule has 0 aliphatic carbocycles. The monoisotopic (exact) mass is 390 g/mol. The zero-order chi connectivity index (χ0) is 18.3. The highest BCUT2D eigenvalue weighted by Gasteiger charge is 2.26. The predicted molar refractivity (Wildman–Crippen MR) is 104 cm³/mol. The minimum atomic E-state index is 0.143. The van der Waals surface area contributed by atoms with Crippen LogP contribution in [0, 0.1) is 0 Å². The Hall–Kier alpha value is -2.10. The smallest absolute Gasteiger partial charge is 0.219 e. The number of aromatic nitrogens is 5. The van der Waals surface area contributed by atoms with E-state index in [1.54, 1.807) is 12.4 Å². The molecule has 4 heterocycles. The number of hydrogen-bond donors (Lipinski definition) is 3. The van der Waals surface area contributed by atoms with E-state index in [-0.39, 0.29) is 12.0 Å². The maximum atomic E-state index is 6.60. The van der Waals surface area contributed by atoms with E-state index >= 15 is 0 Å². The third-order valence-corrected chi connectivity index (χ3v) is 5.59. The highest BCUT2D eigenvalue weighted by atomic mass is 35.5. The summed E-state index contributed by atoms with van der Waals surface area (Å²) < 4.78 is 0. The third-order valence-electron chi connectivity index (χ3n) is 4.36. The van der Waals surface area contributed by atoms with E-state index in [0.29, 0.717) is 10.2 Å². The van der Waals surface area contributed by atoms with Gasteiger partial charge in [-0.05, 0) is 24.6 Å². The fraction of sp³-hybridized carbons (Fsp3) is 0.375. The predicted octanol–water partition coefficient (Wildman–Crippen LogP) is 2.23. The zero-order valence-corrected chi connectivity index (χ0v) is 15.8. The Labute approximate surface area is 159 Å². The molecule has 1 aliphatic rings. The molecule has 4 rings (SSSR count). The molecule has 26 heavy (non-hydrogen) atoms. The van der Waals surface area contributed by atoms with Crippen molar-refractivity contribution in [1.82, 2.24) is 24.9 Å². The number of nitrogens with two attached hydrogens (primary N) is 2. The Morgan fingerprint density at radius 1 is 1.35 bits per heavy atom. The van der Waals surface area contributed by atoms with E-state index in [2.05, 4.69) is 31.8 Å². The molecule has 5 N–H and O–H groups in total. The van der Waals surface area contributed by atoms with Crippen LogP contribution in [0.5, 0.6) is 0 Å². The third kappa shape index (κ3) is 3.17. The lowest BCUT2D eigenvalue weighted by atomic mass is 10.3. The second kappa shape index (κ2) is 6.90. The zero-order valence-electron chi connectivity index (χ0n) is 14.2. The first kappa shape index (κ1) is 17.3. The molecule has 0 unspecified atom stereocenters. The van der Waals surface area contributed by atoms with Crippen molar-refractivity contribution in [3.8, 4) is 0 Å². The van der Waals surface area contributed by atoms with Crippen LogP contribution in [0.25, 0.3) is 11.0 Å². The largest absolute Gasteiger partial charge is 0.368 e. The first-order chi connectivity index (χ1) is 12.5. The van der Waals surface area contributed by atoms with Gasteiger partial charge in [-0.15, -0.1) is 0 Å². The molecule has 0 amide bonds. The highest BCUT2D eigenvalue weighted by Crippen LogP contribution is 2.37. The lowest BCUT2D eigenvalue weighted by Crippen LogP contribution is -2.27. The standard InChI is InChI=1S/C16H19ClN8S/c1-2-10-12(17)11-13(22-10)23-16(26-9-5-20-15(19)21-6-9)24-14(11)25-4-3-8(18)7-25/h5-6,8H,2-4,7,18H2,1H3,(H2,19,20,21)(H,22,23,24)/t8-/m1/s1. The van der Waals surface area contributed by atoms with E-state index in [4.69, 9.17) is 28.1 Å². The fourth-order valence-corrected chi connectivity index (χ4v) is 4.10. The van der Waals surface area contributed by atoms with E-state index in [0.717, 1.165) is 53.4 Å². The van der Waals surface area contributed by atoms with Crippen molar-refractivity contribution in [2.75, 3.05) is 23.7 Å². The summed E-state index contributed by atoms with van der Waals surface area (Å²) in [5.74, 6) is 1.06. The molecule has 0 spiro atoms. The molecule has 3 aromatic rings. The number of hydrogen-bond acceptors (Lipinski definition) is 8. The normalized spacial score (nSPS) is 17.3. The van der Waals surface area contributed by atoms with Crippen LogP contribution >= 0.6 is 23.4 Å². The second-order valence-electron chi connectivity index (χ2n) is 6.20. The van der Waals surface area contributed by atoms with Crippen molar-refractivity contribution in [3.05, 3.63) is 23.1 Å². The molecule has 10 heteroatoms. The first-order valence-electron chi connectivity index (χ1n) is 8.39. The minimum Gasteiger partial charge on any atom is -0.368 e. The number of anilines is 2. The topological polar surface area (TPSA) is 123 Å². The van der Waals surface area contributed by atoms with Crippen LogP contribution in [0.15, 0.2) is 22.4 Å². The molecule has 1 atom stereocenters. The van der Waals surface area contributed by atoms with Crippen LogP contribution in [0.2, 0.25) is 5.02 Å². The quantitative estimate of drug-likeness (QED) is 0.579. The number of H-pyrrole nitrogens is 1. The van der Waals surface area contributed by atoms with Gasteiger partial charge in [0.1, 0.15) is 11.5 Å². The van der Waals surface area contributed by atoms with Gasteiger partial charge in [-0.2, -0.15) is 0 Å². The van der Waals surface area contributed by atoms with Gasteiger partial charge in [-0.3, -0.25) is 0 Å². The van der Waals surface area contributed by atoms with Crippen LogP contribution in [0.1, 0.15) is 19.0 Å². The Balaban J connectivity index is 1.80. The summed E-state index contributed by atoms with van der Waals surface area (Å²) in [4.78, 5) is 23.8. The molecule has 1 saturated heterocycles.